The van der Waals surface area contributed by atoms with Crippen molar-refractivity contribution in [3.8, 4) is 22.9 Å². The Morgan fingerprint density at radius 1 is 1.00 bits per heavy atom. The number of aromatic nitrogens is 2. The second-order valence-corrected chi connectivity index (χ2v) is 11.1. The molecular formula is C33H41N5O5. The molecule has 3 amide bonds. The van der Waals surface area contributed by atoms with E-state index < -0.39 is 0 Å². The van der Waals surface area contributed by atoms with Gasteiger partial charge in [0, 0.05) is 51.1 Å². The first-order chi connectivity index (χ1) is 20.9. The smallest absolute Gasteiger partial charge is 0.242 e. The maximum atomic E-state index is 13.9. The third kappa shape index (κ3) is 7.36. The first kappa shape index (κ1) is 30.1. The normalized spacial score (nSPS) is 17.7. The second-order valence-electron chi connectivity index (χ2n) is 11.1. The van der Waals surface area contributed by atoms with Gasteiger partial charge in [0.05, 0.1) is 26.1 Å². The molecule has 43 heavy (non-hydrogen) atoms. The standard InChI is InChI=1S/C33H41N5O5/c1-24(39)35-23-31(40)36-15-5-6-16-38(33(41)28-12-10-25-8-3-4-9-27(25)28)18-7-17-37-19-14-34-32(37)26-11-13-29(42-2)30(22-26)43-21-20-36/h3-4,8-9,11,13-14,19,22,28H,5-7,10,12,15-18,20-21,23H2,1-2H3,(H,35,39). The fraction of sp³-hybridized carbons (Fsp3) is 0.455. The minimum atomic E-state index is -0.252. The SMILES string of the molecule is COc1ccc2cc1OCCN(C(=O)CNC(C)=O)CCCCN(C(=O)C1CCc3ccccc31)CCCn1ccnc1-2. The van der Waals surface area contributed by atoms with Crippen molar-refractivity contribution >= 4 is 17.7 Å². The number of nitrogens with zero attached hydrogens (tertiary/aromatic N) is 4. The number of amides is 3. The lowest BCUT2D eigenvalue weighted by Gasteiger charge is -2.27. The van der Waals surface area contributed by atoms with Crippen molar-refractivity contribution in [1.29, 1.82) is 0 Å². The lowest BCUT2D eigenvalue weighted by Crippen LogP contribution is -2.42. The zero-order chi connectivity index (χ0) is 30.2. The Labute approximate surface area is 253 Å². The monoisotopic (exact) mass is 587 g/mol. The van der Waals surface area contributed by atoms with Crippen molar-refractivity contribution in [3.05, 3.63) is 66.0 Å². The first-order valence-electron chi connectivity index (χ1n) is 15.2. The zero-order valence-corrected chi connectivity index (χ0v) is 25.1. The van der Waals surface area contributed by atoms with Crippen molar-refractivity contribution in [2.45, 2.75) is 51.5 Å². The Bertz CT molecular complexity index is 1440. The number of nitrogens with one attached hydrogen (secondary N) is 1. The van der Waals surface area contributed by atoms with Gasteiger partial charge in [-0.2, -0.15) is 0 Å². The van der Waals surface area contributed by atoms with E-state index in [4.69, 9.17) is 9.47 Å². The molecule has 2 aromatic carbocycles. The summed E-state index contributed by atoms with van der Waals surface area (Å²) in [5.41, 5.74) is 3.31. The van der Waals surface area contributed by atoms with E-state index in [2.05, 4.69) is 27.0 Å². The Morgan fingerprint density at radius 2 is 1.79 bits per heavy atom. The summed E-state index contributed by atoms with van der Waals surface area (Å²) in [6.45, 7) is 4.41. The molecule has 10 nitrogen and oxygen atoms in total. The predicted octanol–water partition coefficient (Wildman–Crippen LogP) is 3.64. The van der Waals surface area contributed by atoms with Crippen LogP contribution >= 0.6 is 0 Å². The summed E-state index contributed by atoms with van der Waals surface area (Å²) in [6.07, 6.45) is 7.78. The van der Waals surface area contributed by atoms with Gasteiger partial charge in [0.1, 0.15) is 12.4 Å². The number of benzene rings is 2. The molecule has 0 saturated carbocycles. The van der Waals surface area contributed by atoms with Gasteiger partial charge >= 0.3 is 0 Å². The van der Waals surface area contributed by atoms with Gasteiger partial charge in [-0.3, -0.25) is 14.4 Å². The molecule has 3 aromatic rings. The summed E-state index contributed by atoms with van der Waals surface area (Å²) in [6, 6.07) is 14.0. The molecule has 1 aliphatic carbocycles. The molecule has 0 radical (unpaired) electrons. The summed E-state index contributed by atoms with van der Waals surface area (Å²) in [5.74, 6) is 1.62. The minimum absolute atomic E-state index is 0.0670. The number of methoxy groups -OCH3 is 1. The fourth-order valence-corrected chi connectivity index (χ4v) is 6.02. The van der Waals surface area contributed by atoms with E-state index in [1.54, 1.807) is 18.2 Å². The average molecular weight is 588 g/mol. The van der Waals surface area contributed by atoms with Crippen LogP contribution in [0.25, 0.3) is 11.4 Å². The summed E-state index contributed by atoms with van der Waals surface area (Å²) < 4.78 is 13.8. The molecule has 2 aliphatic rings. The number of hydrogen-bond acceptors (Lipinski definition) is 6. The van der Waals surface area contributed by atoms with Gasteiger partial charge in [-0.1, -0.05) is 24.3 Å². The highest BCUT2D eigenvalue weighted by molar-refractivity contribution is 5.85. The number of hydrogen-bond donors (Lipinski definition) is 1. The molecule has 1 N–H and O–H groups in total. The molecule has 10 heteroatoms. The van der Waals surface area contributed by atoms with Crippen molar-refractivity contribution in [3.63, 3.8) is 0 Å². The molecule has 2 heterocycles. The third-order valence-corrected chi connectivity index (χ3v) is 8.27. The molecule has 0 saturated heterocycles. The van der Waals surface area contributed by atoms with E-state index in [1.807, 2.05) is 41.4 Å². The van der Waals surface area contributed by atoms with Crippen LogP contribution < -0.4 is 14.8 Å². The van der Waals surface area contributed by atoms with E-state index in [0.717, 1.165) is 49.1 Å². The van der Waals surface area contributed by atoms with Crippen molar-refractivity contribution in [1.82, 2.24) is 24.7 Å². The lowest BCUT2D eigenvalue weighted by atomic mass is 9.99. The maximum Gasteiger partial charge on any atom is 0.242 e. The lowest BCUT2D eigenvalue weighted by molar-refractivity contribution is -0.134. The van der Waals surface area contributed by atoms with Crippen LogP contribution in [-0.2, 0) is 27.3 Å². The topological polar surface area (TPSA) is 106 Å². The minimum Gasteiger partial charge on any atom is -0.493 e. The summed E-state index contributed by atoms with van der Waals surface area (Å²) >= 11 is 0. The highest BCUT2D eigenvalue weighted by Gasteiger charge is 2.31. The van der Waals surface area contributed by atoms with Gasteiger partial charge < -0.3 is 29.2 Å². The van der Waals surface area contributed by atoms with Crippen molar-refractivity contribution < 1.29 is 23.9 Å². The Hall–Kier alpha value is -4.34. The molecule has 0 spiro atoms. The predicted molar refractivity (Wildman–Crippen MR) is 163 cm³/mol. The Kier molecular flexibility index (Phi) is 9.96. The maximum absolute atomic E-state index is 13.9. The number of fused-ring (bicyclic) bond motifs is 5. The van der Waals surface area contributed by atoms with Crippen LogP contribution in [0.5, 0.6) is 11.5 Å². The zero-order valence-electron chi connectivity index (χ0n) is 25.1. The van der Waals surface area contributed by atoms with E-state index in [0.29, 0.717) is 44.2 Å². The van der Waals surface area contributed by atoms with Gasteiger partial charge in [0.25, 0.3) is 0 Å². The molecule has 2 bridgehead atoms. The number of rotatable bonds is 4. The largest absolute Gasteiger partial charge is 0.493 e. The van der Waals surface area contributed by atoms with Gasteiger partial charge in [-0.05, 0) is 61.4 Å². The highest BCUT2D eigenvalue weighted by atomic mass is 16.5. The van der Waals surface area contributed by atoms with Crippen LogP contribution in [0.1, 0.15) is 49.7 Å². The van der Waals surface area contributed by atoms with E-state index in [1.165, 1.54) is 12.5 Å². The molecule has 1 atom stereocenters. The summed E-state index contributed by atoms with van der Waals surface area (Å²) in [7, 11) is 1.60. The van der Waals surface area contributed by atoms with Crippen LogP contribution in [0.4, 0.5) is 0 Å². The summed E-state index contributed by atoms with van der Waals surface area (Å²) in [5, 5.41) is 2.61. The number of ether oxygens (including phenoxy) is 2. The van der Waals surface area contributed by atoms with Gasteiger partial charge in [0.2, 0.25) is 17.7 Å². The van der Waals surface area contributed by atoms with E-state index >= 15 is 0 Å². The molecular weight excluding hydrogens is 546 g/mol. The van der Waals surface area contributed by atoms with Crippen LogP contribution in [0.3, 0.4) is 0 Å². The number of imidazole rings is 1. The molecule has 1 aliphatic heterocycles. The Balaban J connectivity index is 1.38. The fourth-order valence-electron chi connectivity index (χ4n) is 6.02. The number of aryl methyl sites for hydroxylation is 2. The van der Waals surface area contributed by atoms with Crippen LogP contribution in [0.15, 0.2) is 54.9 Å². The van der Waals surface area contributed by atoms with E-state index in [9.17, 15) is 14.4 Å². The quantitative estimate of drug-likeness (QED) is 0.500. The van der Waals surface area contributed by atoms with Crippen molar-refractivity contribution in [2.75, 3.05) is 46.4 Å². The van der Waals surface area contributed by atoms with Gasteiger partial charge in [0.15, 0.2) is 11.5 Å². The molecule has 1 unspecified atom stereocenters. The average Bonchev–Trinajstić information content (AvgIpc) is 3.66. The first-order valence-corrected chi connectivity index (χ1v) is 15.2. The number of carbonyl (C=O) groups excluding carboxylic acids is 3. The second kappa shape index (κ2) is 14.2. The van der Waals surface area contributed by atoms with Gasteiger partial charge in [-0.25, -0.2) is 4.98 Å². The Morgan fingerprint density at radius 3 is 2.60 bits per heavy atom. The third-order valence-electron chi connectivity index (χ3n) is 8.27. The number of carbonyl (C=O) groups is 3. The van der Waals surface area contributed by atoms with Gasteiger partial charge in [-0.15, -0.1) is 0 Å². The van der Waals surface area contributed by atoms with Crippen molar-refractivity contribution in [2.24, 2.45) is 0 Å². The molecule has 1 aromatic heterocycles. The van der Waals surface area contributed by atoms with Crippen LogP contribution in [-0.4, -0.2) is 83.5 Å². The molecule has 0 fully saturated rings. The van der Waals surface area contributed by atoms with Crippen LogP contribution in [0, 0.1) is 0 Å². The highest BCUT2D eigenvalue weighted by Crippen LogP contribution is 2.35. The molecule has 5 rings (SSSR count). The molecule has 228 valence electrons. The van der Waals surface area contributed by atoms with E-state index in [-0.39, 0.29) is 36.8 Å². The summed E-state index contributed by atoms with van der Waals surface area (Å²) in [4.78, 5) is 46.7. The van der Waals surface area contributed by atoms with Crippen LogP contribution in [0.2, 0.25) is 0 Å².